The first-order chi connectivity index (χ1) is 8.81. The molecular formula is C16H16O2. The Hall–Kier alpha value is -2.06. The summed E-state index contributed by atoms with van der Waals surface area (Å²) in [6.07, 6.45) is 2.99. The van der Waals surface area contributed by atoms with Crippen LogP contribution in [0.15, 0.2) is 60.7 Å². The average molecular weight is 240 g/mol. The third-order valence-corrected chi connectivity index (χ3v) is 2.73. The molecule has 0 spiro atoms. The maximum atomic E-state index is 10.1. The summed E-state index contributed by atoms with van der Waals surface area (Å²) in [5.41, 5.74) is 1.83. The molecule has 0 aliphatic rings. The van der Waals surface area contributed by atoms with Gasteiger partial charge < -0.3 is 9.84 Å². The molecule has 92 valence electrons. The van der Waals surface area contributed by atoms with Crippen molar-refractivity contribution in [2.75, 3.05) is 7.11 Å². The van der Waals surface area contributed by atoms with Gasteiger partial charge in [0.2, 0.25) is 0 Å². The van der Waals surface area contributed by atoms with Crippen molar-refractivity contribution in [1.29, 1.82) is 0 Å². The van der Waals surface area contributed by atoms with Gasteiger partial charge in [0.15, 0.2) is 0 Å². The summed E-state index contributed by atoms with van der Waals surface area (Å²) in [6, 6.07) is 17.4. The van der Waals surface area contributed by atoms with Crippen molar-refractivity contribution in [2.24, 2.45) is 0 Å². The van der Waals surface area contributed by atoms with E-state index in [1.54, 1.807) is 13.2 Å². The Morgan fingerprint density at radius 3 is 2.39 bits per heavy atom. The van der Waals surface area contributed by atoms with Crippen LogP contribution in [0.1, 0.15) is 17.2 Å². The minimum absolute atomic E-state index is 0.665. The molecule has 0 aliphatic carbocycles. The highest BCUT2D eigenvalue weighted by Gasteiger charge is 2.08. The van der Waals surface area contributed by atoms with Gasteiger partial charge in [-0.2, -0.15) is 0 Å². The summed E-state index contributed by atoms with van der Waals surface area (Å²) in [7, 11) is 1.60. The van der Waals surface area contributed by atoms with Crippen molar-refractivity contribution in [3.63, 3.8) is 0 Å². The smallest absolute Gasteiger partial charge is 0.124 e. The van der Waals surface area contributed by atoms with Crippen LogP contribution >= 0.6 is 0 Å². The number of rotatable bonds is 4. The minimum Gasteiger partial charge on any atom is -0.496 e. The van der Waals surface area contributed by atoms with Crippen LogP contribution in [0.25, 0.3) is 6.08 Å². The SMILES string of the molecule is COc1ccccc1C(O)/C=C/c1ccccc1. The van der Waals surface area contributed by atoms with Gasteiger partial charge in [-0.15, -0.1) is 0 Å². The quantitative estimate of drug-likeness (QED) is 0.887. The molecule has 18 heavy (non-hydrogen) atoms. The molecule has 2 heteroatoms. The van der Waals surface area contributed by atoms with Crippen molar-refractivity contribution < 1.29 is 9.84 Å². The zero-order chi connectivity index (χ0) is 12.8. The number of ether oxygens (including phenoxy) is 1. The fourth-order valence-corrected chi connectivity index (χ4v) is 1.78. The van der Waals surface area contributed by atoms with E-state index in [-0.39, 0.29) is 0 Å². The molecule has 2 rings (SSSR count). The number of para-hydroxylation sites is 1. The Kier molecular flexibility index (Phi) is 4.15. The molecule has 2 nitrogen and oxygen atoms in total. The molecule has 0 amide bonds. The van der Waals surface area contributed by atoms with Crippen LogP contribution in [0, 0.1) is 0 Å². The van der Waals surface area contributed by atoms with Crippen molar-refractivity contribution in [2.45, 2.75) is 6.10 Å². The van der Waals surface area contributed by atoms with Gasteiger partial charge >= 0.3 is 0 Å². The second-order valence-corrected chi connectivity index (χ2v) is 3.96. The molecule has 2 aromatic rings. The Labute approximate surface area is 107 Å². The molecule has 0 aliphatic heterocycles. The Morgan fingerprint density at radius 1 is 1.00 bits per heavy atom. The van der Waals surface area contributed by atoms with Gasteiger partial charge in [-0.1, -0.05) is 60.7 Å². The van der Waals surface area contributed by atoms with Gasteiger partial charge in [0.1, 0.15) is 11.9 Å². The van der Waals surface area contributed by atoms with E-state index < -0.39 is 6.10 Å². The van der Waals surface area contributed by atoms with Gasteiger partial charge in [0.05, 0.1) is 7.11 Å². The first-order valence-electron chi connectivity index (χ1n) is 5.85. The second-order valence-electron chi connectivity index (χ2n) is 3.96. The number of hydrogen-bond donors (Lipinski definition) is 1. The first-order valence-corrected chi connectivity index (χ1v) is 5.85. The maximum absolute atomic E-state index is 10.1. The predicted molar refractivity (Wildman–Crippen MR) is 73.4 cm³/mol. The van der Waals surface area contributed by atoms with E-state index in [1.807, 2.05) is 60.7 Å². The van der Waals surface area contributed by atoms with Crippen LogP contribution in [0.3, 0.4) is 0 Å². The monoisotopic (exact) mass is 240 g/mol. The highest BCUT2D eigenvalue weighted by molar-refractivity contribution is 5.51. The van der Waals surface area contributed by atoms with E-state index in [0.29, 0.717) is 5.75 Å². The topological polar surface area (TPSA) is 29.5 Å². The van der Waals surface area contributed by atoms with Crippen LogP contribution in [-0.4, -0.2) is 12.2 Å². The van der Waals surface area contributed by atoms with Gasteiger partial charge in [-0.05, 0) is 11.6 Å². The largest absolute Gasteiger partial charge is 0.496 e. The lowest BCUT2D eigenvalue weighted by Crippen LogP contribution is -1.97. The van der Waals surface area contributed by atoms with Crippen LogP contribution < -0.4 is 4.74 Å². The third-order valence-electron chi connectivity index (χ3n) is 2.73. The van der Waals surface area contributed by atoms with Gasteiger partial charge in [0.25, 0.3) is 0 Å². The van der Waals surface area contributed by atoms with Crippen molar-refractivity contribution >= 4 is 6.08 Å². The lowest BCUT2D eigenvalue weighted by atomic mass is 10.1. The highest BCUT2D eigenvalue weighted by atomic mass is 16.5. The molecular weight excluding hydrogens is 224 g/mol. The van der Waals surface area contributed by atoms with Crippen LogP contribution in [-0.2, 0) is 0 Å². The van der Waals surface area contributed by atoms with Crippen molar-refractivity contribution in [1.82, 2.24) is 0 Å². The Morgan fingerprint density at radius 2 is 1.67 bits per heavy atom. The Bertz CT molecular complexity index is 518. The standard InChI is InChI=1S/C16H16O2/c1-18-16-10-6-5-9-14(16)15(17)12-11-13-7-3-2-4-8-13/h2-12,15,17H,1H3/b12-11+. The van der Waals surface area contributed by atoms with E-state index >= 15 is 0 Å². The van der Waals surface area contributed by atoms with Gasteiger partial charge in [-0.3, -0.25) is 0 Å². The summed E-state index contributed by atoms with van der Waals surface area (Å²) in [4.78, 5) is 0. The summed E-state index contributed by atoms with van der Waals surface area (Å²) in [5.74, 6) is 0.697. The van der Waals surface area contributed by atoms with Crippen molar-refractivity contribution in [3.05, 3.63) is 71.8 Å². The molecule has 2 aromatic carbocycles. The lowest BCUT2D eigenvalue weighted by molar-refractivity contribution is 0.223. The molecule has 1 N–H and O–H groups in total. The summed E-state index contributed by atoms with van der Waals surface area (Å²) >= 11 is 0. The number of aliphatic hydroxyl groups is 1. The van der Waals surface area contributed by atoms with E-state index in [1.165, 1.54) is 0 Å². The zero-order valence-corrected chi connectivity index (χ0v) is 10.3. The fourth-order valence-electron chi connectivity index (χ4n) is 1.78. The molecule has 0 radical (unpaired) electrons. The number of methoxy groups -OCH3 is 1. The van der Waals surface area contributed by atoms with Crippen LogP contribution in [0.2, 0.25) is 0 Å². The van der Waals surface area contributed by atoms with Gasteiger partial charge in [0, 0.05) is 5.56 Å². The molecule has 0 saturated heterocycles. The molecule has 1 unspecified atom stereocenters. The average Bonchev–Trinajstić information content (AvgIpc) is 2.45. The second kappa shape index (κ2) is 6.03. The van der Waals surface area contributed by atoms with Crippen molar-refractivity contribution in [3.8, 4) is 5.75 Å². The zero-order valence-electron chi connectivity index (χ0n) is 10.3. The fraction of sp³-hybridized carbons (Fsp3) is 0.125. The molecule has 0 fully saturated rings. The van der Waals surface area contributed by atoms with Crippen LogP contribution in [0.5, 0.6) is 5.75 Å². The maximum Gasteiger partial charge on any atom is 0.124 e. The summed E-state index contributed by atoms with van der Waals surface area (Å²) in [6.45, 7) is 0. The van der Waals surface area contributed by atoms with Gasteiger partial charge in [-0.25, -0.2) is 0 Å². The molecule has 1 atom stereocenters. The molecule has 0 aromatic heterocycles. The Balaban J connectivity index is 2.17. The number of benzene rings is 2. The van der Waals surface area contributed by atoms with E-state index in [0.717, 1.165) is 11.1 Å². The van der Waals surface area contributed by atoms with E-state index in [9.17, 15) is 5.11 Å². The van der Waals surface area contributed by atoms with Crippen LogP contribution in [0.4, 0.5) is 0 Å². The van der Waals surface area contributed by atoms with E-state index in [2.05, 4.69) is 0 Å². The summed E-state index contributed by atoms with van der Waals surface area (Å²) in [5, 5.41) is 10.1. The normalized spacial score (nSPS) is 12.6. The molecule has 0 heterocycles. The summed E-state index contributed by atoms with van der Waals surface area (Å²) < 4.78 is 5.22. The third kappa shape index (κ3) is 2.99. The lowest BCUT2D eigenvalue weighted by Gasteiger charge is -2.11. The minimum atomic E-state index is -0.665. The number of aliphatic hydroxyl groups excluding tert-OH is 1. The number of hydrogen-bond acceptors (Lipinski definition) is 2. The predicted octanol–water partition coefficient (Wildman–Crippen LogP) is 3.44. The molecule has 0 saturated carbocycles. The molecule has 0 bridgehead atoms. The van der Waals surface area contributed by atoms with E-state index in [4.69, 9.17) is 4.74 Å². The highest BCUT2D eigenvalue weighted by Crippen LogP contribution is 2.25. The first kappa shape index (κ1) is 12.4.